The first-order chi connectivity index (χ1) is 9.48. The fourth-order valence-electron chi connectivity index (χ4n) is 2.40. The van der Waals surface area contributed by atoms with E-state index in [2.05, 4.69) is 5.32 Å². The molecular formula is C15H22ClNO3S. The molecule has 0 saturated heterocycles. The Labute approximate surface area is 131 Å². The highest BCUT2D eigenvalue weighted by atomic mass is 35.7. The maximum Gasteiger partial charge on any atom is 0.261 e. The van der Waals surface area contributed by atoms with Gasteiger partial charge in [-0.2, -0.15) is 0 Å². The lowest BCUT2D eigenvalue weighted by atomic mass is 9.97. The van der Waals surface area contributed by atoms with Crippen molar-refractivity contribution in [2.45, 2.75) is 57.9 Å². The first-order valence-corrected chi connectivity index (χ1v) is 9.17. The van der Waals surface area contributed by atoms with Crippen LogP contribution in [0.5, 0.6) is 0 Å². The monoisotopic (exact) mass is 331 g/mol. The first kappa shape index (κ1) is 18.0. The van der Waals surface area contributed by atoms with E-state index in [0.29, 0.717) is 11.1 Å². The van der Waals surface area contributed by atoms with Gasteiger partial charge in [0, 0.05) is 21.8 Å². The zero-order valence-corrected chi connectivity index (χ0v) is 14.7. The second-order valence-corrected chi connectivity index (χ2v) is 8.49. The van der Waals surface area contributed by atoms with Gasteiger partial charge in [0.05, 0.1) is 4.90 Å². The van der Waals surface area contributed by atoms with Gasteiger partial charge in [0.15, 0.2) is 0 Å². The van der Waals surface area contributed by atoms with Gasteiger partial charge >= 0.3 is 0 Å². The zero-order valence-electron chi connectivity index (χ0n) is 13.1. The van der Waals surface area contributed by atoms with E-state index in [-0.39, 0.29) is 16.3 Å². The standard InChI is InChI=1S/C15H22ClNO3S/c1-6-7-15(4,5)17-14(18)12-9-13(21(16,19)20)11(3)8-10(12)2/h8-9H,6-7H2,1-5H3,(H,17,18). The normalized spacial score (nSPS) is 12.3. The van der Waals surface area contributed by atoms with E-state index in [0.717, 1.165) is 18.4 Å². The third-order valence-electron chi connectivity index (χ3n) is 3.36. The molecule has 0 bridgehead atoms. The lowest BCUT2D eigenvalue weighted by Crippen LogP contribution is -2.43. The Hall–Kier alpha value is -1.07. The molecule has 1 aromatic carbocycles. The highest BCUT2D eigenvalue weighted by Gasteiger charge is 2.23. The molecule has 0 atom stereocenters. The molecule has 0 spiro atoms. The molecule has 0 aliphatic heterocycles. The smallest absolute Gasteiger partial charge is 0.261 e. The van der Waals surface area contributed by atoms with Crippen LogP contribution in [0.3, 0.4) is 0 Å². The Balaban J connectivity index is 3.22. The number of halogens is 1. The Morgan fingerprint density at radius 1 is 1.24 bits per heavy atom. The lowest BCUT2D eigenvalue weighted by Gasteiger charge is -2.26. The van der Waals surface area contributed by atoms with Crippen molar-refractivity contribution in [1.29, 1.82) is 0 Å². The Kier molecular flexibility index (Phi) is 5.45. The van der Waals surface area contributed by atoms with Gasteiger partial charge < -0.3 is 5.32 Å². The van der Waals surface area contributed by atoms with E-state index >= 15 is 0 Å². The molecule has 1 aromatic rings. The molecule has 1 N–H and O–H groups in total. The van der Waals surface area contributed by atoms with Gasteiger partial charge in [-0.25, -0.2) is 8.42 Å². The Bertz CT molecular complexity index is 651. The second-order valence-electron chi connectivity index (χ2n) is 5.96. The summed E-state index contributed by atoms with van der Waals surface area (Å²) in [7, 11) is 1.55. The van der Waals surface area contributed by atoms with Crippen LogP contribution in [0.15, 0.2) is 17.0 Å². The maximum absolute atomic E-state index is 12.4. The van der Waals surface area contributed by atoms with Gasteiger partial charge in [-0.3, -0.25) is 4.79 Å². The summed E-state index contributed by atoms with van der Waals surface area (Å²) < 4.78 is 23.1. The molecule has 1 amide bonds. The van der Waals surface area contributed by atoms with Crippen molar-refractivity contribution in [2.75, 3.05) is 0 Å². The molecular weight excluding hydrogens is 310 g/mol. The Morgan fingerprint density at radius 3 is 2.29 bits per heavy atom. The van der Waals surface area contributed by atoms with Crippen molar-refractivity contribution < 1.29 is 13.2 Å². The molecule has 0 heterocycles. The van der Waals surface area contributed by atoms with Crippen LogP contribution < -0.4 is 5.32 Å². The number of hydrogen-bond acceptors (Lipinski definition) is 3. The van der Waals surface area contributed by atoms with E-state index in [1.54, 1.807) is 19.9 Å². The third-order valence-corrected chi connectivity index (χ3v) is 4.82. The minimum absolute atomic E-state index is 0.0202. The number of carbonyl (C=O) groups is 1. The highest BCUT2D eigenvalue weighted by Crippen LogP contribution is 2.24. The second kappa shape index (κ2) is 6.36. The van der Waals surface area contributed by atoms with Crippen LogP contribution >= 0.6 is 10.7 Å². The third kappa shape index (κ3) is 4.71. The molecule has 6 heteroatoms. The van der Waals surface area contributed by atoms with Crippen molar-refractivity contribution in [2.24, 2.45) is 0 Å². The van der Waals surface area contributed by atoms with E-state index in [4.69, 9.17) is 10.7 Å². The van der Waals surface area contributed by atoms with Gasteiger partial charge in [-0.05, 0) is 51.3 Å². The summed E-state index contributed by atoms with van der Waals surface area (Å²) in [6.07, 6.45) is 1.78. The number of amides is 1. The predicted molar refractivity (Wildman–Crippen MR) is 85.4 cm³/mol. The number of benzene rings is 1. The molecule has 118 valence electrons. The molecule has 0 aromatic heterocycles. The maximum atomic E-state index is 12.4. The summed E-state index contributed by atoms with van der Waals surface area (Å²) in [4.78, 5) is 12.4. The summed E-state index contributed by atoms with van der Waals surface area (Å²) in [6, 6.07) is 3.02. The molecule has 4 nitrogen and oxygen atoms in total. The molecule has 0 unspecified atom stereocenters. The van der Waals surface area contributed by atoms with Crippen molar-refractivity contribution >= 4 is 25.6 Å². The van der Waals surface area contributed by atoms with E-state index in [9.17, 15) is 13.2 Å². The van der Waals surface area contributed by atoms with Crippen LogP contribution in [-0.2, 0) is 9.05 Å². The summed E-state index contributed by atoms with van der Waals surface area (Å²) in [5.41, 5.74) is 1.25. The summed E-state index contributed by atoms with van der Waals surface area (Å²) >= 11 is 0. The van der Waals surface area contributed by atoms with Crippen molar-refractivity contribution in [1.82, 2.24) is 5.32 Å². The zero-order chi connectivity index (χ0) is 16.4. The Morgan fingerprint density at radius 2 is 1.81 bits per heavy atom. The average Bonchev–Trinajstić information content (AvgIpc) is 2.25. The summed E-state index contributed by atoms with van der Waals surface area (Å²) in [5, 5.41) is 2.94. The van der Waals surface area contributed by atoms with Crippen molar-refractivity contribution in [3.05, 3.63) is 28.8 Å². The van der Waals surface area contributed by atoms with Gasteiger partial charge in [-0.15, -0.1) is 0 Å². The van der Waals surface area contributed by atoms with Crippen LogP contribution in [-0.4, -0.2) is 19.9 Å². The molecule has 1 rings (SSSR count). The number of hydrogen-bond donors (Lipinski definition) is 1. The minimum Gasteiger partial charge on any atom is -0.347 e. The van der Waals surface area contributed by atoms with Crippen molar-refractivity contribution in [3.8, 4) is 0 Å². The van der Waals surface area contributed by atoms with E-state index in [1.165, 1.54) is 6.07 Å². The molecule has 0 radical (unpaired) electrons. The SMILES string of the molecule is CCCC(C)(C)NC(=O)c1cc(S(=O)(=O)Cl)c(C)cc1C. The fourth-order valence-corrected chi connectivity index (χ4v) is 3.60. The number of aryl methyl sites for hydroxylation is 2. The largest absolute Gasteiger partial charge is 0.347 e. The molecule has 0 saturated carbocycles. The van der Waals surface area contributed by atoms with Crippen LogP contribution in [0.25, 0.3) is 0 Å². The molecule has 0 aliphatic rings. The van der Waals surface area contributed by atoms with Crippen molar-refractivity contribution in [3.63, 3.8) is 0 Å². The van der Waals surface area contributed by atoms with Gasteiger partial charge in [0.2, 0.25) is 0 Å². The van der Waals surface area contributed by atoms with Gasteiger partial charge in [0.1, 0.15) is 0 Å². The topological polar surface area (TPSA) is 63.2 Å². The number of rotatable bonds is 5. The molecule has 21 heavy (non-hydrogen) atoms. The van der Waals surface area contributed by atoms with E-state index in [1.807, 2.05) is 20.8 Å². The van der Waals surface area contributed by atoms with Crippen LogP contribution in [0.4, 0.5) is 0 Å². The van der Waals surface area contributed by atoms with Gasteiger partial charge in [-0.1, -0.05) is 19.4 Å². The lowest BCUT2D eigenvalue weighted by molar-refractivity contribution is 0.0908. The predicted octanol–water partition coefficient (Wildman–Crippen LogP) is 3.54. The fraction of sp³-hybridized carbons (Fsp3) is 0.533. The first-order valence-electron chi connectivity index (χ1n) is 6.86. The van der Waals surface area contributed by atoms with Gasteiger partial charge in [0.25, 0.3) is 15.0 Å². The molecule has 0 fully saturated rings. The average molecular weight is 332 g/mol. The number of carbonyl (C=O) groups excluding carboxylic acids is 1. The molecule has 0 aliphatic carbocycles. The summed E-state index contributed by atoms with van der Waals surface area (Å²) in [6.45, 7) is 9.36. The minimum atomic E-state index is -3.87. The number of nitrogens with one attached hydrogen (secondary N) is 1. The van der Waals surface area contributed by atoms with Crippen LogP contribution in [0.1, 0.15) is 55.1 Å². The summed E-state index contributed by atoms with van der Waals surface area (Å²) in [5.74, 6) is -0.285. The van der Waals surface area contributed by atoms with E-state index < -0.39 is 9.05 Å². The highest BCUT2D eigenvalue weighted by molar-refractivity contribution is 8.13. The quantitative estimate of drug-likeness (QED) is 0.839. The van der Waals surface area contributed by atoms with Crippen LogP contribution in [0, 0.1) is 13.8 Å². The van der Waals surface area contributed by atoms with Crippen LogP contribution in [0.2, 0.25) is 0 Å².